The number of aromatic amines is 1. The standard InChI is InChI=1S/C7H10N4O/c1-4-9-5-2-3-11(8)7(12)6(5)10-4/h2-3,8H2,1H3,(H,9,10). The van der Waals surface area contributed by atoms with Crippen molar-refractivity contribution >= 4 is 5.91 Å². The Bertz CT molecular complexity index is 330. The van der Waals surface area contributed by atoms with Gasteiger partial charge in [0.2, 0.25) is 0 Å². The minimum atomic E-state index is -0.170. The molecule has 1 aromatic rings. The summed E-state index contributed by atoms with van der Waals surface area (Å²) in [6.07, 6.45) is 0.738. The van der Waals surface area contributed by atoms with Crippen molar-refractivity contribution in [1.29, 1.82) is 0 Å². The first kappa shape index (κ1) is 7.30. The molecular formula is C7H10N4O. The molecule has 0 unspecified atom stereocenters. The third-order valence-corrected chi connectivity index (χ3v) is 1.96. The van der Waals surface area contributed by atoms with Gasteiger partial charge in [0.15, 0.2) is 0 Å². The first-order chi connectivity index (χ1) is 5.68. The lowest BCUT2D eigenvalue weighted by Crippen LogP contribution is -2.42. The third kappa shape index (κ3) is 0.902. The second-order valence-electron chi connectivity index (χ2n) is 2.89. The maximum Gasteiger partial charge on any atom is 0.286 e. The van der Waals surface area contributed by atoms with Gasteiger partial charge < -0.3 is 4.98 Å². The molecule has 0 saturated heterocycles. The number of aromatic nitrogens is 2. The summed E-state index contributed by atoms with van der Waals surface area (Å²) in [5, 5.41) is 1.21. The van der Waals surface area contributed by atoms with Crippen molar-refractivity contribution in [3.8, 4) is 0 Å². The number of imidazole rings is 1. The molecule has 64 valence electrons. The summed E-state index contributed by atoms with van der Waals surface area (Å²) in [6.45, 7) is 2.38. The summed E-state index contributed by atoms with van der Waals surface area (Å²) in [5.41, 5.74) is 1.38. The number of amides is 1. The largest absolute Gasteiger partial charge is 0.338 e. The van der Waals surface area contributed by atoms with Gasteiger partial charge in [-0.3, -0.25) is 9.80 Å². The molecule has 2 rings (SSSR count). The number of hydrogen-bond donors (Lipinski definition) is 2. The van der Waals surface area contributed by atoms with E-state index in [-0.39, 0.29) is 5.91 Å². The van der Waals surface area contributed by atoms with E-state index in [1.165, 1.54) is 5.01 Å². The first-order valence-electron chi connectivity index (χ1n) is 3.80. The van der Waals surface area contributed by atoms with Gasteiger partial charge in [0, 0.05) is 13.0 Å². The molecule has 0 radical (unpaired) electrons. The van der Waals surface area contributed by atoms with Gasteiger partial charge in [-0.1, -0.05) is 0 Å². The molecular weight excluding hydrogens is 156 g/mol. The lowest BCUT2D eigenvalue weighted by Gasteiger charge is -2.20. The third-order valence-electron chi connectivity index (χ3n) is 1.96. The van der Waals surface area contributed by atoms with Crippen LogP contribution < -0.4 is 5.84 Å². The van der Waals surface area contributed by atoms with Gasteiger partial charge in [0.25, 0.3) is 5.91 Å². The van der Waals surface area contributed by atoms with Gasteiger partial charge in [0.05, 0.1) is 5.69 Å². The first-order valence-corrected chi connectivity index (χ1v) is 3.80. The molecule has 0 aromatic carbocycles. The molecule has 12 heavy (non-hydrogen) atoms. The van der Waals surface area contributed by atoms with E-state index in [1.54, 1.807) is 0 Å². The smallest absolute Gasteiger partial charge is 0.286 e. The molecule has 0 fully saturated rings. The highest BCUT2D eigenvalue weighted by atomic mass is 16.2. The minimum Gasteiger partial charge on any atom is -0.338 e. The van der Waals surface area contributed by atoms with E-state index < -0.39 is 0 Å². The summed E-state index contributed by atoms with van der Waals surface area (Å²) in [6, 6.07) is 0. The van der Waals surface area contributed by atoms with Crippen molar-refractivity contribution in [1.82, 2.24) is 15.0 Å². The van der Waals surface area contributed by atoms with Crippen molar-refractivity contribution in [3.63, 3.8) is 0 Å². The zero-order valence-corrected chi connectivity index (χ0v) is 6.79. The number of rotatable bonds is 0. The van der Waals surface area contributed by atoms with Crippen LogP contribution in [0.1, 0.15) is 22.0 Å². The van der Waals surface area contributed by atoms with E-state index in [9.17, 15) is 4.79 Å². The molecule has 1 aliphatic heterocycles. The quantitative estimate of drug-likeness (QED) is 0.406. The second kappa shape index (κ2) is 2.31. The van der Waals surface area contributed by atoms with Crippen LogP contribution in [-0.2, 0) is 6.42 Å². The average Bonchev–Trinajstić information content (AvgIpc) is 2.39. The Morgan fingerprint density at radius 1 is 1.67 bits per heavy atom. The molecule has 0 spiro atoms. The molecule has 0 aliphatic carbocycles. The summed E-state index contributed by atoms with van der Waals surface area (Å²) < 4.78 is 0. The fourth-order valence-corrected chi connectivity index (χ4v) is 1.37. The van der Waals surface area contributed by atoms with Gasteiger partial charge in [-0.25, -0.2) is 10.8 Å². The summed E-state index contributed by atoms with van der Waals surface area (Å²) in [7, 11) is 0. The predicted molar refractivity (Wildman–Crippen MR) is 42.3 cm³/mol. The van der Waals surface area contributed by atoms with Crippen LogP contribution in [0.3, 0.4) is 0 Å². The van der Waals surface area contributed by atoms with Crippen LogP contribution in [0, 0.1) is 6.92 Å². The number of fused-ring (bicyclic) bond motifs is 1. The molecule has 1 aliphatic rings. The van der Waals surface area contributed by atoms with Crippen LogP contribution in [0.5, 0.6) is 0 Å². The molecule has 0 atom stereocenters. The number of H-pyrrole nitrogens is 1. The number of hydrazine groups is 1. The Morgan fingerprint density at radius 3 is 3.17 bits per heavy atom. The monoisotopic (exact) mass is 166 g/mol. The highest BCUT2D eigenvalue weighted by molar-refractivity contribution is 5.94. The second-order valence-corrected chi connectivity index (χ2v) is 2.89. The predicted octanol–water partition coefficient (Wildman–Crippen LogP) is -0.410. The maximum atomic E-state index is 11.4. The van der Waals surface area contributed by atoms with Crippen molar-refractivity contribution in [2.24, 2.45) is 5.84 Å². The number of nitrogens with one attached hydrogen (secondary N) is 1. The van der Waals surface area contributed by atoms with Crippen LogP contribution in [0.25, 0.3) is 0 Å². The zero-order chi connectivity index (χ0) is 8.72. The van der Waals surface area contributed by atoms with Gasteiger partial charge in [0.1, 0.15) is 11.5 Å². The SMILES string of the molecule is Cc1nc2c([nH]1)C(=O)N(N)CC2. The Labute approximate surface area is 69.5 Å². The van der Waals surface area contributed by atoms with Crippen molar-refractivity contribution in [2.45, 2.75) is 13.3 Å². The minimum absolute atomic E-state index is 0.170. The fraction of sp³-hybridized carbons (Fsp3) is 0.429. The molecule has 5 heteroatoms. The van der Waals surface area contributed by atoms with E-state index in [0.717, 1.165) is 17.9 Å². The van der Waals surface area contributed by atoms with E-state index in [1.807, 2.05) is 6.92 Å². The Balaban J connectivity index is 2.48. The van der Waals surface area contributed by atoms with Crippen LogP contribution in [-0.4, -0.2) is 27.4 Å². The van der Waals surface area contributed by atoms with Gasteiger partial charge in [-0.05, 0) is 6.92 Å². The fourth-order valence-electron chi connectivity index (χ4n) is 1.37. The molecule has 3 N–H and O–H groups in total. The van der Waals surface area contributed by atoms with Gasteiger partial charge in [-0.15, -0.1) is 0 Å². The van der Waals surface area contributed by atoms with Crippen LogP contribution in [0.4, 0.5) is 0 Å². The van der Waals surface area contributed by atoms with E-state index in [4.69, 9.17) is 5.84 Å². The number of carbonyl (C=O) groups is 1. The number of carbonyl (C=O) groups excluding carboxylic acids is 1. The van der Waals surface area contributed by atoms with Crippen molar-refractivity contribution in [3.05, 3.63) is 17.2 Å². The normalized spacial score (nSPS) is 16.5. The number of nitrogens with two attached hydrogens (primary N) is 1. The molecule has 5 nitrogen and oxygen atoms in total. The topological polar surface area (TPSA) is 75.0 Å². The van der Waals surface area contributed by atoms with E-state index in [0.29, 0.717) is 12.2 Å². The number of hydrogen-bond acceptors (Lipinski definition) is 3. The molecule has 1 aromatic heterocycles. The van der Waals surface area contributed by atoms with Gasteiger partial charge >= 0.3 is 0 Å². The molecule has 0 saturated carbocycles. The highest BCUT2D eigenvalue weighted by Crippen LogP contribution is 2.13. The van der Waals surface area contributed by atoms with Crippen LogP contribution >= 0.6 is 0 Å². The lowest BCUT2D eigenvalue weighted by molar-refractivity contribution is 0.0733. The number of aryl methyl sites for hydroxylation is 1. The Hall–Kier alpha value is -1.36. The molecule has 2 heterocycles. The Morgan fingerprint density at radius 2 is 2.42 bits per heavy atom. The lowest BCUT2D eigenvalue weighted by atomic mass is 10.2. The summed E-state index contributed by atoms with van der Waals surface area (Å²) >= 11 is 0. The summed E-state index contributed by atoms with van der Waals surface area (Å²) in [4.78, 5) is 18.4. The number of nitrogens with zero attached hydrogens (tertiary/aromatic N) is 2. The van der Waals surface area contributed by atoms with Crippen LogP contribution in [0.2, 0.25) is 0 Å². The van der Waals surface area contributed by atoms with Crippen LogP contribution in [0.15, 0.2) is 0 Å². The zero-order valence-electron chi connectivity index (χ0n) is 6.79. The average molecular weight is 166 g/mol. The maximum absolute atomic E-state index is 11.4. The Kier molecular flexibility index (Phi) is 1.41. The summed E-state index contributed by atoms with van der Waals surface area (Å²) in [5.74, 6) is 6.04. The van der Waals surface area contributed by atoms with Gasteiger partial charge in [-0.2, -0.15) is 0 Å². The molecule has 1 amide bonds. The highest BCUT2D eigenvalue weighted by Gasteiger charge is 2.24. The van der Waals surface area contributed by atoms with Crippen molar-refractivity contribution < 1.29 is 4.79 Å². The molecule has 0 bridgehead atoms. The van der Waals surface area contributed by atoms with E-state index in [2.05, 4.69) is 9.97 Å². The van der Waals surface area contributed by atoms with E-state index >= 15 is 0 Å². The van der Waals surface area contributed by atoms with Crippen molar-refractivity contribution in [2.75, 3.05) is 6.54 Å².